The first-order valence-electron chi connectivity index (χ1n) is 16.7. The molecular weight excluding hydrogens is 843 g/mol. The van der Waals surface area contributed by atoms with Crippen LogP contribution in [0.5, 0.6) is 0 Å². The van der Waals surface area contributed by atoms with E-state index >= 15 is 0 Å². The summed E-state index contributed by atoms with van der Waals surface area (Å²) in [6.07, 6.45) is 4.54. The number of benzene rings is 2. The van der Waals surface area contributed by atoms with Crippen molar-refractivity contribution in [3.05, 3.63) is 71.5 Å². The molecule has 0 aromatic heterocycles. The molecular formula is C35H33K2N4O14S2+. The van der Waals surface area contributed by atoms with E-state index in [0.717, 1.165) is 6.07 Å². The molecule has 2 saturated heterocycles. The third kappa shape index (κ3) is 9.82. The summed E-state index contributed by atoms with van der Waals surface area (Å²) in [4.78, 5) is 86.8. The van der Waals surface area contributed by atoms with Gasteiger partial charge in [0.1, 0.15) is 16.7 Å². The van der Waals surface area contributed by atoms with E-state index in [-0.39, 0.29) is 128 Å². The van der Waals surface area contributed by atoms with Crippen molar-refractivity contribution in [2.45, 2.75) is 74.0 Å². The molecule has 4 heterocycles. The number of allylic oxidation sites excluding steroid dienone is 4. The van der Waals surface area contributed by atoms with Crippen LogP contribution in [0.25, 0.3) is 0 Å². The molecule has 4 aliphatic rings. The SMILES string of the molecule is CC1(C)C(/C=C/C=C2\N(CC(=O)ON3C(=O)CCC3=O)c3ccc(S(=O)(=O)[O-])cc3C2(C)C)=[N+](CC(=O)ON2C(=O)CCC2=O)c2ccc(SOO[O-])cc21.[K+].[K+]. The van der Waals surface area contributed by atoms with E-state index in [1.807, 2.05) is 13.8 Å². The number of anilines is 1. The number of imide groups is 2. The van der Waals surface area contributed by atoms with Gasteiger partial charge in [0, 0.05) is 65.1 Å². The van der Waals surface area contributed by atoms with Gasteiger partial charge in [-0.25, -0.2) is 18.0 Å². The molecule has 4 aliphatic heterocycles. The first kappa shape index (κ1) is 47.7. The summed E-state index contributed by atoms with van der Waals surface area (Å²) in [6, 6.07) is 8.72. The number of amides is 4. The molecule has 0 saturated carbocycles. The van der Waals surface area contributed by atoms with Crippen LogP contribution in [0.3, 0.4) is 0 Å². The molecule has 290 valence electrons. The molecule has 57 heavy (non-hydrogen) atoms. The fourth-order valence-corrected chi connectivity index (χ4v) is 7.87. The first-order chi connectivity index (χ1) is 25.8. The molecule has 22 heteroatoms. The maximum absolute atomic E-state index is 13.2. The summed E-state index contributed by atoms with van der Waals surface area (Å²) < 4.78 is 42.0. The van der Waals surface area contributed by atoms with Gasteiger partial charge in [-0.15, -0.1) is 10.1 Å². The van der Waals surface area contributed by atoms with Gasteiger partial charge in [-0.1, -0.05) is 19.9 Å². The Labute approximate surface area is 416 Å². The topological polar surface area (TPSA) is 232 Å². The van der Waals surface area contributed by atoms with Gasteiger partial charge in [-0.3, -0.25) is 24.2 Å². The fraction of sp³-hybridized carbons (Fsp3) is 0.343. The van der Waals surface area contributed by atoms with Crippen LogP contribution in [-0.4, -0.2) is 82.0 Å². The number of carbonyl (C=O) groups is 6. The van der Waals surface area contributed by atoms with Gasteiger partial charge in [0.25, 0.3) is 23.6 Å². The summed E-state index contributed by atoms with van der Waals surface area (Å²) >= 11 is 0.667. The van der Waals surface area contributed by atoms with E-state index in [2.05, 4.69) is 9.37 Å². The third-order valence-electron chi connectivity index (χ3n) is 9.65. The zero-order valence-corrected chi connectivity index (χ0v) is 39.6. The van der Waals surface area contributed by atoms with Gasteiger partial charge in [-0.2, -0.15) is 8.91 Å². The number of rotatable bonds is 12. The summed E-state index contributed by atoms with van der Waals surface area (Å²) in [5.74, 6) is -4.52. The Morgan fingerprint density at radius 1 is 0.842 bits per heavy atom. The number of hydrogen-bond acceptors (Lipinski definition) is 16. The van der Waals surface area contributed by atoms with Crippen molar-refractivity contribution in [1.82, 2.24) is 10.1 Å². The molecule has 0 bridgehead atoms. The summed E-state index contributed by atoms with van der Waals surface area (Å²) in [6.45, 7) is 6.24. The Hall–Kier alpha value is -1.98. The average molecular weight is 876 g/mol. The van der Waals surface area contributed by atoms with Crippen molar-refractivity contribution in [2.24, 2.45) is 0 Å². The van der Waals surface area contributed by atoms with Gasteiger partial charge >= 0.3 is 115 Å². The zero-order chi connectivity index (χ0) is 40.0. The van der Waals surface area contributed by atoms with E-state index < -0.39 is 74.5 Å². The van der Waals surface area contributed by atoms with Crippen LogP contribution in [0.4, 0.5) is 11.4 Å². The standard InChI is InChI=1S/C35H34N4O14S2.2K/c1-34(2)22-16-20(54-53-52-46)8-10-24(22)36(18-32(44)50-38-28(40)12-13-29(38)41)26(34)6-5-7-27-35(3,4)23-17-21(55(47,48)49)9-11-25(23)37(27)19-33(45)51-39-30(42)14-15-31(39)43;;/h5-11,16-17H,12-15,18-19H2,1-4H3,(H-,46,47,48,49);;/q;2*+1/p-1. The molecule has 2 aromatic carbocycles. The van der Waals surface area contributed by atoms with Crippen LogP contribution in [0.1, 0.15) is 64.5 Å². The van der Waals surface area contributed by atoms with Crippen LogP contribution in [-0.2, 0) is 68.8 Å². The Bertz CT molecular complexity index is 2230. The van der Waals surface area contributed by atoms with Crippen molar-refractivity contribution in [3.8, 4) is 0 Å². The number of nitrogens with zero attached hydrogens (tertiary/aromatic N) is 4. The fourth-order valence-electron chi connectivity index (χ4n) is 6.98. The zero-order valence-electron chi connectivity index (χ0n) is 31.8. The Morgan fingerprint density at radius 2 is 1.42 bits per heavy atom. The molecule has 0 spiro atoms. The van der Waals surface area contributed by atoms with Gasteiger partial charge in [0.05, 0.1) is 22.4 Å². The second-order valence-corrected chi connectivity index (χ2v) is 16.0. The molecule has 0 N–H and O–H groups in total. The third-order valence-corrected chi connectivity index (χ3v) is 11.1. The molecule has 6 rings (SSSR count). The predicted octanol–water partition coefficient (Wildman–Crippen LogP) is -4.34. The minimum absolute atomic E-state index is 0. The van der Waals surface area contributed by atoms with Crippen molar-refractivity contribution >= 4 is 74.8 Å². The van der Waals surface area contributed by atoms with Gasteiger partial charge in [0.15, 0.2) is 5.71 Å². The van der Waals surface area contributed by atoms with E-state index in [0.29, 0.717) is 61.0 Å². The van der Waals surface area contributed by atoms with Crippen molar-refractivity contribution < 1.29 is 173 Å². The molecule has 0 unspecified atom stereocenters. The quantitative estimate of drug-likeness (QED) is 0.0373. The molecule has 2 aromatic rings. The van der Waals surface area contributed by atoms with Crippen LogP contribution < -0.4 is 113 Å². The van der Waals surface area contributed by atoms with E-state index in [9.17, 15) is 47.0 Å². The summed E-state index contributed by atoms with van der Waals surface area (Å²) in [5, 5.41) is 14.8. The maximum atomic E-state index is 13.2. The molecule has 0 aliphatic carbocycles. The monoisotopic (exact) mass is 875 g/mol. The summed E-state index contributed by atoms with van der Waals surface area (Å²) in [7, 11) is -4.86. The Balaban J connectivity index is 0.00000360. The number of hydroxylamine groups is 4. The minimum atomic E-state index is -4.86. The summed E-state index contributed by atoms with van der Waals surface area (Å²) in [5.41, 5.74) is 1.07. The Kier molecular flexibility index (Phi) is 15.7. The van der Waals surface area contributed by atoms with Gasteiger partial charge in [0.2, 0.25) is 12.2 Å². The van der Waals surface area contributed by atoms with E-state index in [1.165, 1.54) is 17.0 Å². The van der Waals surface area contributed by atoms with Crippen LogP contribution >= 0.6 is 12.0 Å². The number of hydrogen-bond donors (Lipinski definition) is 0. The first-order valence-corrected chi connectivity index (χ1v) is 18.8. The second-order valence-electron chi connectivity index (χ2n) is 13.8. The molecule has 2 fully saturated rings. The van der Waals surface area contributed by atoms with E-state index in [1.54, 1.807) is 54.9 Å². The minimum Gasteiger partial charge on any atom is -0.744 e. The van der Waals surface area contributed by atoms with Crippen molar-refractivity contribution in [1.29, 1.82) is 0 Å². The van der Waals surface area contributed by atoms with Crippen LogP contribution in [0, 0.1) is 0 Å². The van der Waals surface area contributed by atoms with Gasteiger partial charge < -0.3 is 24.4 Å². The number of fused-ring (bicyclic) bond motifs is 2. The van der Waals surface area contributed by atoms with Crippen LogP contribution in [0.15, 0.2) is 70.1 Å². The Morgan fingerprint density at radius 3 is 1.98 bits per heavy atom. The molecule has 0 radical (unpaired) electrons. The molecule has 4 amide bonds. The predicted molar refractivity (Wildman–Crippen MR) is 184 cm³/mol. The van der Waals surface area contributed by atoms with E-state index in [4.69, 9.17) is 9.68 Å². The number of carbonyl (C=O) groups excluding carboxylic acids is 6. The van der Waals surface area contributed by atoms with Crippen LogP contribution in [0.2, 0.25) is 0 Å². The largest absolute Gasteiger partial charge is 1.00 e. The van der Waals surface area contributed by atoms with Gasteiger partial charge in [-0.05, 0) is 55.8 Å². The normalized spacial score (nSPS) is 19.0. The smallest absolute Gasteiger partial charge is 0.744 e. The van der Waals surface area contributed by atoms with Crippen molar-refractivity contribution in [2.75, 3.05) is 18.0 Å². The average Bonchev–Trinajstić information content (AvgIpc) is 3.74. The maximum Gasteiger partial charge on any atom is 1.00 e. The van der Waals surface area contributed by atoms with Crippen molar-refractivity contribution in [3.63, 3.8) is 0 Å². The molecule has 0 atom stereocenters. The molecule has 18 nitrogen and oxygen atoms in total. The second kappa shape index (κ2) is 18.7.